The maximum atomic E-state index is 12.7. The summed E-state index contributed by atoms with van der Waals surface area (Å²) in [6.07, 6.45) is 0. The summed E-state index contributed by atoms with van der Waals surface area (Å²) in [6.45, 7) is 13.5. The Balaban J connectivity index is 1.73. The van der Waals surface area contributed by atoms with Crippen molar-refractivity contribution in [3.63, 3.8) is 0 Å². The third-order valence-electron chi connectivity index (χ3n) is 4.78. The summed E-state index contributed by atoms with van der Waals surface area (Å²) >= 11 is 1.48. The van der Waals surface area contributed by atoms with Gasteiger partial charge in [-0.3, -0.25) is 9.48 Å². The fourth-order valence-corrected chi connectivity index (χ4v) is 4.12. The standard InChI is InChI=1S/C22H28N4OS/c1-14-18(16(3)26(25-14)13-17-10-8-7-9-11-17)12-23-20(27)19-15(2)24-21(28-19)22(4,5)6/h7-11H,12-13H2,1-6H3,(H,23,27). The molecule has 0 aliphatic rings. The van der Waals surface area contributed by atoms with E-state index in [0.717, 1.165) is 34.2 Å². The fourth-order valence-electron chi connectivity index (χ4n) is 3.08. The normalized spacial score (nSPS) is 11.6. The van der Waals surface area contributed by atoms with Gasteiger partial charge < -0.3 is 5.32 Å². The molecule has 28 heavy (non-hydrogen) atoms. The fraction of sp³-hybridized carbons (Fsp3) is 0.409. The van der Waals surface area contributed by atoms with Crippen molar-refractivity contribution in [1.82, 2.24) is 20.1 Å². The second-order valence-corrected chi connectivity index (χ2v) is 9.16. The molecule has 0 atom stereocenters. The van der Waals surface area contributed by atoms with E-state index >= 15 is 0 Å². The molecule has 6 heteroatoms. The first-order valence-corrected chi connectivity index (χ1v) is 10.3. The zero-order valence-corrected chi connectivity index (χ0v) is 18.3. The number of aryl methyl sites for hydroxylation is 2. The average molecular weight is 397 g/mol. The molecule has 1 aromatic carbocycles. The number of carbonyl (C=O) groups excluding carboxylic acids is 1. The molecule has 3 aromatic rings. The van der Waals surface area contributed by atoms with E-state index in [0.29, 0.717) is 11.4 Å². The van der Waals surface area contributed by atoms with Gasteiger partial charge in [-0.2, -0.15) is 5.10 Å². The summed E-state index contributed by atoms with van der Waals surface area (Å²) < 4.78 is 2.00. The number of carbonyl (C=O) groups is 1. The molecule has 0 bridgehead atoms. The third kappa shape index (κ3) is 4.33. The maximum absolute atomic E-state index is 12.7. The summed E-state index contributed by atoms with van der Waals surface area (Å²) in [5.74, 6) is -0.0693. The molecule has 0 saturated carbocycles. The first-order valence-electron chi connectivity index (χ1n) is 9.49. The lowest BCUT2D eigenvalue weighted by atomic mass is 9.98. The largest absolute Gasteiger partial charge is 0.347 e. The van der Waals surface area contributed by atoms with Gasteiger partial charge in [0.2, 0.25) is 0 Å². The SMILES string of the molecule is Cc1nc(C(C)(C)C)sc1C(=O)NCc1c(C)nn(Cc2ccccc2)c1C. The molecule has 0 spiro atoms. The van der Waals surface area contributed by atoms with Crippen LogP contribution < -0.4 is 5.32 Å². The Morgan fingerprint density at radius 3 is 2.39 bits per heavy atom. The molecule has 0 saturated heterocycles. The minimum absolute atomic E-state index is 0.0558. The zero-order chi connectivity index (χ0) is 20.5. The van der Waals surface area contributed by atoms with E-state index < -0.39 is 0 Å². The van der Waals surface area contributed by atoms with Gasteiger partial charge >= 0.3 is 0 Å². The van der Waals surface area contributed by atoms with E-state index in [2.05, 4.69) is 55.2 Å². The Kier molecular flexibility index (Phi) is 5.70. The van der Waals surface area contributed by atoms with Gasteiger partial charge in [-0.05, 0) is 26.3 Å². The van der Waals surface area contributed by atoms with Gasteiger partial charge in [0.25, 0.3) is 5.91 Å². The van der Waals surface area contributed by atoms with E-state index in [1.807, 2.05) is 36.7 Å². The average Bonchev–Trinajstić information content (AvgIpc) is 3.15. The maximum Gasteiger partial charge on any atom is 0.263 e. The molecule has 148 valence electrons. The highest BCUT2D eigenvalue weighted by Crippen LogP contribution is 2.29. The molecule has 1 amide bonds. The Bertz CT molecular complexity index is 980. The minimum Gasteiger partial charge on any atom is -0.347 e. The van der Waals surface area contributed by atoms with Gasteiger partial charge in [0.15, 0.2) is 0 Å². The number of amides is 1. The molecule has 3 rings (SSSR count). The number of nitrogens with zero attached hydrogens (tertiary/aromatic N) is 3. The predicted molar refractivity (Wildman–Crippen MR) is 114 cm³/mol. The molecule has 1 N–H and O–H groups in total. The van der Waals surface area contributed by atoms with Crippen molar-refractivity contribution in [1.29, 1.82) is 0 Å². The van der Waals surface area contributed by atoms with E-state index in [9.17, 15) is 4.79 Å². The van der Waals surface area contributed by atoms with Gasteiger partial charge in [0, 0.05) is 23.2 Å². The first-order chi connectivity index (χ1) is 13.2. The van der Waals surface area contributed by atoms with E-state index in [1.165, 1.54) is 16.9 Å². The number of thiazole rings is 1. The molecule has 0 fully saturated rings. The number of rotatable bonds is 5. The molecular formula is C22H28N4OS. The second kappa shape index (κ2) is 7.87. The van der Waals surface area contributed by atoms with E-state index in [4.69, 9.17) is 0 Å². The molecule has 2 heterocycles. The highest BCUT2D eigenvalue weighted by molar-refractivity contribution is 7.14. The van der Waals surface area contributed by atoms with Gasteiger partial charge in [-0.1, -0.05) is 51.1 Å². The summed E-state index contributed by atoms with van der Waals surface area (Å²) in [4.78, 5) is 18.0. The monoisotopic (exact) mass is 396 g/mol. The Morgan fingerprint density at radius 2 is 1.79 bits per heavy atom. The summed E-state index contributed by atoms with van der Waals surface area (Å²) in [5.41, 5.74) is 5.05. The van der Waals surface area contributed by atoms with Crippen LogP contribution in [0.4, 0.5) is 0 Å². The lowest BCUT2D eigenvalue weighted by molar-refractivity contribution is 0.0954. The van der Waals surface area contributed by atoms with Crippen molar-refractivity contribution in [2.24, 2.45) is 0 Å². The molecule has 2 aromatic heterocycles. The van der Waals surface area contributed by atoms with Crippen molar-refractivity contribution >= 4 is 17.2 Å². The van der Waals surface area contributed by atoms with Crippen LogP contribution in [0.2, 0.25) is 0 Å². The van der Waals surface area contributed by atoms with Gasteiger partial charge in [0.05, 0.1) is 22.9 Å². The van der Waals surface area contributed by atoms with Gasteiger partial charge in [-0.25, -0.2) is 4.98 Å². The Morgan fingerprint density at radius 1 is 1.11 bits per heavy atom. The van der Waals surface area contributed by atoms with Gasteiger partial charge in [0.1, 0.15) is 4.88 Å². The number of aromatic nitrogens is 3. The highest BCUT2D eigenvalue weighted by Gasteiger charge is 2.23. The van der Waals surface area contributed by atoms with Crippen molar-refractivity contribution in [2.75, 3.05) is 0 Å². The predicted octanol–water partition coefficient (Wildman–Crippen LogP) is 4.54. The van der Waals surface area contributed by atoms with Crippen LogP contribution in [0.5, 0.6) is 0 Å². The molecule has 5 nitrogen and oxygen atoms in total. The summed E-state index contributed by atoms with van der Waals surface area (Å²) in [6, 6.07) is 10.3. The van der Waals surface area contributed by atoms with Crippen LogP contribution in [0.1, 0.15) is 63.7 Å². The molecule has 0 radical (unpaired) electrons. The Hall–Kier alpha value is -2.47. The lowest BCUT2D eigenvalue weighted by Crippen LogP contribution is -2.23. The summed E-state index contributed by atoms with van der Waals surface area (Å²) in [5, 5.41) is 8.71. The summed E-state index contributed by atoms with van der Waals surface area (Å²) in [7, 11) is 0. The first kappa shape index (κ1) is 20.3. The van der Waals surface area contributed by atoms with Crippen LogP contribution in [0.3, 0.4) is 0 Å². The lowest BCUT2D eigenvalue weighted by Gasteiger charge is -2.13. The number of hydrogen-bond donors (Lipinski definition) is 1. The molecule has 0 unspecified atom stereocenters. The smallest absolute Gasteiger partial charge is 0.263 e. The second-order valence-electron chi connectivity index (χ2n) is 8.16. The highest BCUT2D eigenvalue weighted by atomic mass is 32.1. The molecule has 0 aliphatic carbocycles. The van der Waals surface area contributed by atoms with Crippen LogP contribution in [-0.2, 0) is 18.5 Å². The van der Waals surface area contributed by atoms with E-state index in [1.54, 1.807) is 0 Å². The van der Waals surface area contributed by atoms with Crippen LogP contribution in [-0.4, -0.2) is 20.7 Å². The molecule has 0 aliphatic heterocycles. The van der Waals surface area contributed by atoms with Crippen LogP contribution in [0.25, 0.3) is 0 Å². The van der Waals surface area contributed by atoms with Crippen LogP contribution in [0, 0.1) is 20.8 Å². The number of benzene rings is 1. The topological polar surface area (TPSA) is 59.8 Å². The van der Waals surface area contributed by atoms with Crippen LogP contribution >= 0.6 is 11.3 Å². The number of hydrogen-bond acceptors (Lipinski definition) is 4. The molecular weight excluding hydrogens is 368 g/mol. The zero-order valence-electron chi connectivity index (χ0n) is 17.5. The quantitative estimate of drug-likeness (QED) is 0.689. The van der Waals surface area contributed by atoms with Crippen molar-refractivity contribution < 1.29 is 4.79 Å². The van der Waals surface area contributed by atoms with Gasteiger partial charge in [-0.15, -0.1) is 11.3 Å². The number of nitrogens with one attached hydrogen (secondary N) is 1. The Labute approximate surface area is 170 Å². The minimum atomic E-state index is -0.0693. The van der Waals surface area contributed by atoms with Crippen molar-refractivity contribution in [3.05, 3.63) is 68.4 Å². The van der Waals surface area contributed by atoms with Crippen LogP contribution in [0.15, 0.2) is 30.3 Å². The van der Waals surface area contributed by atoms with E-state index in [-0.39, 0.29) is 11.3 Å². The van der Waals surface area contributed by atoms with Crippen molar-refractivity contribution in [2.45, 2.75) is 60.0 Å². The third-order valence-corrected chi connectivity index (χ3v) is 6.36. The van der Waals surface area contributed by atoms with Crippen molar-refractivity contribution in [3.8, 4) is 0 Å².